The zero-order chi connectivity index (χ0) is 12.0. The van der Waals surface area contributed by atoms with Gasteiger partial charge in [0.05, 0.1) is 17.5 Å². The fourth-order valence-corrected chi connectivity index (χ4v) is 1.96. The van der Waals surface area contributed by atoms with Gasteiger partial charge in [0.25, 0.3) is 0 Å². The number of hydrogen-bond donors (Lipinski definition) is 1. The second-order valence-electron chi connectivity index (χ2n) is 4.57. The van der Waals surface area contributed by atoms with E-state index in [9.17, 15) is 4.79 Å². The topological polar surface area (TPSA) is 68.0 Å². The van der Waals surface area contributed by atoms with Crippen LogP contribution in [0.5, 0.6) is 0 Å². The number of rotatable bonds is 3. The molecule has 3 rings (SSSR count). The summed E-state index contributed by atoms with van der Waals surface area (Å²) >= 11 is 0. The van der Waals surface area contributed by atoms with Crippen molar-refractivity contribution >= 4 is 17.0 Å². The maximum absolute atomic E-state index is 10.9. The molecular formula is C12H13N3O2. The molecule has 17 heavy (non-hydrogen) atoms. The number of benzene rings is 1. The number of carboxylic acids is 1. The fourth-order valence-electron chi connectivity index (χ4n) is 1.96. The van der Waals surface area contributed by atoms with Gasteiger partial charge in [-0.3, -0.25) is 4.79 Å². The van der Waals surface area contributed by atoms with Crippen molar-refractivity contribution < 1.29 is 9.90 Å². The second-order valence-corrected chi connectivity index (χ2v) is 4.57. The molecule has 1 aliphatic carbocycles. The first-order valence-electron chi connectivity index (χ1n) is 5.74. The van der Waals surface area contributed by atoms with Gasteiger partial charge in [0, 0.05) is 0 Å². The summed E-state index contributed by atoms with van der Waals surface area (Å²) < 4.78 is 1.94. The van der Waals surface area contributed by atoms with Gasteiger partial charge in [-0.05, 0) is 37.5 Å². The summed E-state index contributed by atoms with van der Waals surface area (Å²) in [7, 11) is 0. The summed E-state index contributed by atoms with van der Waals surface area (Å²) in [6.07, 6.45) is 2.32. The van der Waals surface area contributed by atoms with E-state index in [0.29, 0.717) is 6.04 Å². The molecule has 1 N–H and O–H groups in total. The van der Waals surface area contributed by atoms with Crippen LogP contribution in [-0.2, 0) is 4.79 Å². The smallest absolute Gasteiger partial charge is 0.310 e. The third-order valence-electron chi connectivity index (χ3n) is 3.26. The lowest BCUT2D eigenvalue weighted by Crippen LogP contribution is -2.07. The number of fused-ring (bicyclic) bond motifs is 1. The molecule has 88 valence electrons. The molecule has 1 aromatic heterocycles. The van der Waals surface area contributed by atoms with Gasteiger partial charge < -0.3 is 5.11 Å². The predicted octanol–water partition coefficient (Wildman–Crippen LogP) is 1.95. The summed E-state index contributed by atoms with van der Waals surface area (Å²) in [5.41, 5.74) is 2.55. The molecular weight excluding hydrogens is 218 g/mol. The molecule has 5 nitrogen and oxygen atoms in total. The number of aliphatic carboxylic acids is 1. The number of hydrogen-bond acceptors (Lipinski definition) is 3. The maximum atomic E-state index is 10.9. The van der Waals surface area contributed by atoms with Gasteiger partial charge in [-0.1, -0.05) is 11.3 Å². The van der Waals surface area contributed by atoms with Crippen molar-refractivity contribution in [1.29, 1.82) is 0 Å². The summed E-state index contributed by atoms with van der Waals surface area (Å²) in [6, 6.07) is 6.08. The standard InChI is InChI=1S/C12H13N3O2/c1-7(12(16)17)8-2-5-11-10(6-8)13-14-15(11)9-3-4-9/h2,5-7,9H,3-4H2,1H3,(H,16,17). The Morgan fingerprint density at radius 2 is 2.29 bits per heavy atom. The van der Waals surface area contributed by atoms with Crippen LogP contribution in [0.2, 0.25) is 0 Å². The van der Waals surface area contributed by atoms with E-state index in [1.54, 1.807) is 6.92 Å². The highest BCUT2D eigenvalue weighted by atomic mass is 16.4. The van der Waals surface area contributed by atoms with Crippen LogP contribution < -0.4 is 0 Å². The van der Waals surface area contributed by atoms with Crippen molar-refractivity contribution in [3.63, 3.8) is 0 Å². The SMILES string of the molecule is CC(C(=O)O)c1ccc2c(c1)nnn2C1CC1. The number of carboxylic acid groups (broad SMARTS) is 1. The van der Waals surface area contributed by atoms with Gasteiger partial charge in [0.2, 0.25) is 0 Å². The lowest BCUT2D eigenvalue weighted by Gasteiger charge is -2.06. The van der Waals surface area contributed by atoms with Gasteiger partial charge in [-0.25, -0.2) is 4.68 Å². The van der Waals surface area contributed by atoms with Crippen molar-refractivity contribution in [2.24, 2.45) is 0 Å². The number of aromatic nitrogens is 3. The molecule has 0 radical (unpaired) electrons. The van der Waals surface area contributed by atoms with Crippen LogP contribution in [-0.4, -0.2) is 26.1 Å². The maximum Gasteiger partial charge on any atom is 0.310 e. The van der Waals surface area contributed by atoms with E-state index in [2.05, 4.69) is 10.3 Å². The minimum Gasteiger partial charge on any atom is -0.481 e. The monoisotopic (exact) mass is 231 g/mol. The molecule has 0 bridgehead atoms. The van der Waals surface area contributed by atoms with Gasteiger partial charge in [-0.15, -0.1) is 5.10 Å². The number of carbonyl (C=O) groups is 1. The van der Waals surface area contributed by atoms with Crippen molar-refractivity contribution in [1.82, 2.24) is 15.0 Å². The average Bonchev–Trinajstić information content (AvgIpc) is 3.07. The first kappa shape index (κ1) is 10.3. The Kier molecular flexibility index (Phi) is 2.14. The third-order valence-corrected chi connectivity index (χ3v) is 3.26. The molecule has 1 saturated carbocycles. The zero-order valence-corrected chi connectivity index (χ0v) is 9.50. The van der Waals surface area contributed by atoms with Crippen LogP contribution in [0.3, 0.4) is 0 Å². The minimum atomic E-state index is -0.820. The van der Waals surface area contributed by atoms with Gasteiger partial charge in [0.1, 0.15) is 5.52 Å². The van der Waals surface area contributed by atoms with Gasteiger partial charge >= 0.3 is 5.97 Å². The molecule has 0 aliphatic heterocycles. The van der Waals surface area contributed by atoms with E-state index in [1.165, 1.54) is 0 Å². The average molecular weight is 231 g/mol. The van der Waals surface area contributed by atoms with Crippen LogP contribution >= 0.6 is 0 Å². The first-order chi connectivity index (χ1) is 8.16. The molecule has 5 heteroatoms. The third kappa shape index (κ3) is 1.67. The van der Waals surface area contributed by atoms with E-state index in [4.69, 9.17) is 5.11 Å². The lowest BCUT2D eigenvalue weighted by atomic mass is 10.0. The van der Waals surface area contributed by atoms with Crippen molar-refractivity contribution in [3.8, 4) is 0 Å². The zero-order valence-electron chi connectivity index (χ0n) is 9.50. The number of nitrogens with zero attached hydrogens (tertiary/aromatic N) is 3. The first-order valence-corrected chi connectivity index (χ1v) is 5.74. The largest absolute Gasteiger partial charge is 0.481 e. The Labute approximate surface area is 98.0 Å². The predicted molar refractivity (Wildman–Crippen MR) is 61.8 cm³/mol. The van der Waals surface area contributed by atoms with E-state index in [1.807, 2.05) is 22.9 Å². The van der Waals surface area contributed by atoms with Gasteiger partial charge in [-0.2, -0.15) is 0 Å². The Morgan fingerprint density at radius 3 is 2.94 bits per heavy atom. The summed E-state index contributed by atoms with van der Waals surface area (Å²) in [5.74, 6) is -1.33. The normalized spacial score (nSPS) is 17.2. The second kappa shape index (κ2) is 3.55. The molecule has 1 aromatic carbocycles. The van der Waals surface area contributed by atoms with Crippen LogP contribution in [0.15, 0.2) is 18.2 Å². The summed E-state index contributed by atoms with van der Waals surface area (Å²) in [6.45, 7) is 1.68. The summed E-state index contributed by atoms with van der Waals surface area (Å²) in [5, 5.41) is 17.2. The lowest BCUT2D eigenvalue weighted by molar-refractivity contribution is -0.138. The van der Waals surface area contributed by atoms with Crippen LogP contribution in [0.1, 0.15) is 37.3 Å². The Hall–Kier alpha value is -1.91. The van der Waals surface area contributed by atoms with Crippen LogP contribution in [0.4, 0.5) is 0 Å². The van der Waals surface area contributed by atoms with Gasteiger partial charge in [0.15, 0.2) is 0 Å². The molecule has 1 atom stereocenters. The van der Waals surface area contributed by atoms with Crippen molar-refractivity contribution in [2.75, 3.05) is 0 Å². The highest BCUT2D eigenvalue weighted by molar-refractivity contribution is 5.80. The summed E-state index contributed by atoms with van der Waals surface area (Å²) in [4.78, 5) is 10.9. The van der Waals surface area contributed by atoms with E-state index in [-0.39, 0.29) is 0 Å². The highest BCUT2D eigenvalue weighted by Crippen LogP contribution is 2.36. The molecule has 0 saturated heterocycles. The molecule has 0 spiro atoms. The molecule has 1 fully saturated rings. The van der Waals surface area contributed by atoms with Crippen LogP contribution in [0.25, 0.3) is 11.0 Å². The van der Waals surface area contributed by atoms with Crippen LogP contribution in [0, 0.1) is 0 Å². The van der Waals surface area contributed by atoms with Crippen molar-refractivity contribution in [3.05, 3.63) is 23.8 Å². The van der Waals surface area contributed by atoms with E-state index >= 15 is 0 Å². The minimum absolute atomic E-state index is 0.489. The Balaban J connectivity index is 2.05. The van der Waals surface area contributed by atoms with Crippen molar-refractivity contribution in [2.45, 2.75) is 31.7 Å². The Morgan fingerprint density at radius 1 is 1.53 bits per heavy atom. The fraction of sp³-hybridized carbons (Fsp3) is 0.417. The van der Waals surface area contributed by atoms with E-state index < -0.39 is 11.9 Å². The molecule has 1 aliphatic rings. The highest BCUT2D eigenvalue weighted by Gasteiger charge is 2.26. The quantitative estimate of drug-likeness (QED) is 0.876. The Bertz CT molecular complexity index is 586. The molecule has 0 amide bonds. The molecule has 1 unspecified atom stereocenters. The van der Waals surface area contributed by atoms with E-state index in [0.717, 1.165) is 29.4 Å². The molecule has 1 heterocycles. The molecule has 2 aromatic rings.